The van der Waals surface area contributed by atoms with Crippen molar-refractivity contribution in [3.63, 3.8) is 0 Å². The molecule has 0 unspecified atom stereocenters. The van der Waals surface area contributed by atoms with Gasteiger partial charge in [0.15, 0.2) is 0 Å². The van der Waals surface area contributed by atoms with Gasteiger partial charge in [-0.1, -0.05) is 189 Å². The largest absolute Gasteiger partial charge is 0.458 e. The molecule has 0 amide bonds. The van der Waals surface area contributed by atoms with Crippen molar-refractivity contribution in [2.45, 2.75) is 72.1 Å². The molecule has 3 heterocycles. The van der Waals surface area contributed by atoms with Gasteiger partial charge in [0.25, 0.3) is 6.33 Å². The fourth-order valence-electron chi connectivity index (χ4n) is 9.46. The standard InChI is InChI=1S/C65H58N4O/c1-43(2)46-33-34-66-62(38-46)69-58-28-16-15-25-56(58)57-31-30-53(41-60(57)69)70-52-24-17-23-51(40-52)67-42-68(59-32-29-47(37-61(59)67)44-19-11-9-12-20-44)63-54(45-21-13-10-14-22-45)26-18-27-55(63)48-35-49(64(3,4)5)39-50(36-48)65(6,7)8/h9-41,43H,1-8H3/i10D,13D,14D,21D,22D,43D. The number of benzene rings is 8. The van der Waals surface area contributed by atoms with E-state index in [-0.39, 0.29) is 28.5 Å². The summed E-state index contributed by atoms with van der Waals surface area (Å²) in [6, 6.07) is 53.4. The number of para-hydroxylation sites is 2. The topological polar surface area (TPSA) is 35.9 Å². The lowest BCUT2D eigenvalue weighted by Gasteiger charge is -2.27. The monoisotopic (exact) mass is 916 g/mol. The van der Waals surface area contributed by atoms with E-state index in [4.69, 9.17) is 15.2 Å². The van der Waals surface area contributed by atoms with Gasteiger partial charge in [-0.25, -0.2) is 4.98 Å². The maximum absolute atomic E-state index is 9.32. The van der Waals surface area contributed by atoms with Crippen molar-refractivity contribution in [3.8, 4) is 62.1 Å². The van der Waals surface area contributed by atoms with E-state index in [0.29, 0.717) is 28.6 Å². The molecule has 0 atom stereocenters. The van der Waals surface area contributed by atoms with Crippen LogP contribution in [0.3, 0.4) is 0 Å². The van der Waals surface area contributed by atoms with Crippen molar-refractivity contribution in [2.75, 3.05) is 0 Å². The second kappa shape index (κ2) is 17.5. The third-order valence-electron chi connectivity index (χ3n) is 13.3. The Kier molecular flexibility index (Phi) is 9.47. The van der Waals surface area contributed by atoms with Crippen LogP contribution in [-0.4, -0.2) is 14.1 Å². The average molecular weight is 917 g/mol. The number of ether oxygens (including phenoxy) is 1. The van der Waals surface area contributed by atoms with Gasteiger partial charge in [-0.2, -0.15) is 0 Å². The van der Waals surface area contributed by atoms with E-state index < -0.39 is 24.0 Å². The number of hydrogen-bond acceptors (Lipinski definition) is 2. The zero-order chi connectivity index (χ0) is 53.6. The molecular weight excluding hydrogens is 853 g/mol. The van der Waals surface area contributed by atoms with Crippen LogP contribution in [0.1, 0.15) is 86.2 Å². The van der Waals surface area contributed by atoms with E-state index in [0.717, 1.165) is 77.5 Å². The van der Waals surface area contributed by atoms with Gasteiger partial charge in [0, 0.05) is 24.4 Å². The van der Waals surface area contributed by atoms with Gasteiger partial charge in [-0.3, -0.25) is 13.7 Å². The number of fused-ring (bicyclic) bond motifs is 4. The number of hydrogen-bond donors (Lipinski definition) is 0. The van der Waals surface area contributed by atoms with Crippen LogP contribution in [-0.2, 0) is 10.8 Å². The van der Waals surface area contributed by atoms with Crippen LogP contribution in [0.4, 0.5) is 0 Å². The Morgan fingerprint density at radius 2 is 1.26 bits per heavy atom. The lowest BCUT2D eigenvalue weighted by Crippen LogP contribution is -2.31. The predicted octanol–water partition coefficient (Wildman–Crippen LogP) is 16.7. The zero-order valence-electron chi connectivity index (χ0n) is 46.9. The molecule has 0 fully saturated rings. The molecule has 8 aromatic carbocycles. The summed E-state index contributed by atoms with van der Waals surface area (Å²) in [5, 5.41) is 2.12. The number of imidazole rings is 1. The van der Waals surface area contributed by atoms with E-state index in [9.17, 15) is 2.74 Å². The fourth-order valence-corrected chi connectivity index (χ4v) is 9.46. The van der Waals surface area contributed by atoms with E-state index >= 15 is 0 Å². The highest BCUT2D eigenvalue weighted by Gasteiger charge is 2.25. The zero-order valence-corrected chi connectivity index (χ0v) is 40.9. The molecule has 0 saturated carbocycles. The average Bonchev–Trinajstić information content (AvgIpc) is 3.99. The van der Waals surface area contributed by atoms with Crippen LogP contribution in [0.15, 0.2) is 200 Å². The minimum atomic E-state index is -0.815. The van der Waals surface area contributed by atoms with Crippen LogP contribution in [0, 0.1) is 6.33 Å². The minimum Gasteiger partial charge on any atom is -0.458 e. The van der Waals surface area contributed by atoms with Crippen molar-refractivity contribution in [1.82, 2.24) is 14.1 Å². The quantitative estimate of drug-likeness (QED) is 0.107. The maximum atomic E-state index is 9.32. The molecule has 0 aliphatic carbocycles. The molecule has 0 saturated heterocycles. The van der Waals surface area contributed by atoms with Crippen molar-refractivity contribution in [2.24, 2.45) is 0 Å². The summed E-state index contributed by atoms with van der Waals surface area (Å²) in [4.78, 5) is 4.81. The molecule has 0 N–H and O–H groups in total. The number of aromatic nitrogens is 4. The summed E-state index contributed by atoms with van der Waals surface area (Å²) in [6.45, 7) is 17.0. The van der Waals surface area contributed by atoms with Gasteiger partial charge < -0.3 is 4.74 Å². The second-order valence-corrected chi connectivity index (χ2v) is 20.4. The van der Waals surface area contributed by atoms with Gasteiger partial charge in [0.2, 0.25) is 0 Å². The first-order chi connectivity index (χ1) is 36.2. The van der Waals surface area contributed by atoms with Gasteiger partial charge in [-0.15, -0.1) is 0 Å². The van der Waals surface area contributed by atoms with Crippen LogP contribution < -0.4 is 9.30 Å². The van der Waals surface area contributed by atoms with Crippen LogP contribution in [0.25, 0.3) is 83.4 Å². The summed E-state index contributed by atoms with van der Waals surface area (Å²) >= 11 is 0. The highest BCUT2D eigenvalue weighted by Crippen LogP contribution is 2.40. The molecule has 344 valence electrons. The molecule has 3 aromatic heterocycles. The molecule has 0 radical (unpaired) electrons. The molecule has 5 heteroatoms. The highest BCUT2D eigenvalue weighted by molar-refractivity contribution is 6.09. The van der Waals surface area contributed by atoms with E-state index in [2.05, 4.69) is 125 Å². The number of nitrogens with zero attached hydrogens (tertiary/aromatic N) is 4. The maximum Gasteiger partial charge on any atom is 0.269 e. The smallest absolute Gasteiger partial charge is 0.269 e. The molecule has 0 bridgehead atoms. The van der Waals surface area contributed by atoms with Crippen molar-refractivity contribution in [3.05, 3.63) is 223 Å². The van der Waals surface area contributed by atoms with Crippen molar-refractivity contribution < 1.29 is 17.5 Å². The van der Waals surface area contributed by atoms with Crippen LogP contribution >= 0.6 is 0 Å². The molecule has 5 nitrogen and oxygen atoms in total. The number of rotatable bonds is 9. The summed E-state index contributed by atoms with van der Waals surface area (Å²) in [5.41, 5.74) is 12.0. The predicted molar refractivity (Wildman–Crippen MR) is 290 cm³/mol. The molecule has 70 heavy (non-hydrogen) atoms. The molecule has 0 aliphatic heterocycles. The SMILES string of the molecule is [2H]c1c([2H])c([2H])c(-c2cccc(-c3cc(C(C)(C)C)cc(C(C)(C)C)c3)c2-[n+]2[c-]n(-c3cccc(Oc4ccc5c6ccccc6n(-c6cc(C([2H])(C)C)ccn6)c5c4)c3)c3cc(-c4ccccc4)ccc32)c([2H])c1[2H]. The van der Waals surface area contributed by atoms with Gasteiger partial charge >= 0.3 is 0 Å². The van der Waals surface area contributed by atoms with Crippen molar-refractivity contribution in [1.29, 1.82) is 0 Å². The third kappa shape index (κ3) is 8.26. The van der Waals surface area contributed by atoms with E-state index in [1.807, 2.05) is 114 Å². The number of pyridine rings is 1. The molecule has 0 spiro atoms. The molecule has 11 aromatic rings. The lowest BCUT2D eigenvalue weighted by molar-refractivity contribution is -0.571. The first kappa shape index (κ1) is 37.9. The first-order valence-corrected chi connectivity index (χ1v) is 23.9. The summed E-state index contributed by atoms with van der Waals surface area (Å²) in [6.07, 6.45) is 5.53. The third-order valence-corrected chi connectivity index (χ3v) is 13.3. The molecular formula is C65H58N4O. The van der Waals surface area contributed by atoms with Gasteiger partial charge in [-0.05, 0) is 121 Å². The Morgan fingerprint density at radius 3 is 2.00 bits per heavy atom. The van der Waals surface area contributed by atoms with E-state index in [1.54, 1.807) is 6.20 Å². The Hall–Kier alpha value is -8.02. The second-order valence-electron chi connectivity index (χ2n) is 20.4. The Labute approximate surface area is 420 Å². The Bertz CT molecular complexity index is 4040. The lowest BCUT2D eigenvalue weighted by atomic mass is 9.78. The van der Waals surface area contributed by atoms with Crippen LogP contribution in [0.2, 0.25) is 0 Å². The van der Waals surface area contributed by atoms with Gasteiger partial charge in [0.1, 0.15) is 17.3 Å². The van der Waals surface area contributed by atoms with E-state index in [1.165, 1.54) is 0 Å². The molecule has 11 rings (SSSR count). The highest BCUT2D eigenvalue weighted by atomic mass is 16.5. The summed E-state index contributed by atoms with van der Waals surface area (Å²) in [7, 11) is 0. The summed E-state index contributed by atoms with van der Waals surface area (Å²) < 4.78 is 66.5. The van der Waals surface area contributed by atoms with Gasteiger partial charge in [0.05, 0.1) is 40.3 Å². The Balaban J connectivity index is 1.13. The van der Waals surface area contributed by atoms with Crippen molar-refractivity contribution >= 4 is 32.8 Å². The normalized spacial score (nSPS) is 13.5. The fraction of sp³-hybridized carbons (Fsp3) is 0.169. The summed E-state index contributed by atoms with van der Waals surface area (Å²) in [5.74, 6) is 1.11. The molecule has 0 aliphatic rings. The first-order valence-electron chi connectivity index (χ1n) is 26.9. The minimum absolute atomic E-state index is 0.101. The Morgan fingerprint density at radius 1 is 0.571 bits per heavy atom. The van der Waals surface area contributed by atoms with Crippen LogP contribution in [0.5, 0.6) is 11.5 Å².